The number of benzene rings is 1. The molecule has 1 aromatic carbocycles. The van der Waals surface area contributed by atoms with E-state index in [2.05, 4.69) is 14.3 Å². The number of hydrogen-bond acceptors (Lipinski definition) is 5. The molecule has 2 bridgehead atoms. The number of ether oxygens (including phenoxy) is 1. The Bertz CT molecular complexity index is 981. The van der Waals surface area contributed by atoms with Crippen LogP contribution in [0.25, 0.3) is 0 Å². The molecule has 1 aromatic heterocycles. The van der Waals surface area contributed by atoms with Crippen LogP contribution in [-0.2, 0) is 10.0 Å². The Hall–Kier alpha value is -2.45. The number of quaternary nitrogens is 1. The second-order valence-electron chi connectivity index (χ2n) is 7.29. The average Bonchev–Trinajstić information content (AvgIpc) is 2.69. The maximum atomic E-state index is 12.2. The highest BCUT2D eigenvalue weighted by Crippen LogP contribution is 2.39. The van der Waals surface area contributed by atoms with E-state index in [4.69, 9.17) is 4.74 Å². The van der Waals surface area contributed by atoms with E-state index in [1.807, 2.05) is 42.5 Å². The first-order chi connectivity index (χ1) is 13.1. The third-order valence-electron chi connectivity index (χ3n) is 5.76. The number of hydrogen-bond donors (Lipinski definition) is 0. The average molecular weight is 385 g/mol. The number of para-hydroxylation sites is 1. The molecule has 6 rings (SSSR count). The van der Waals surface area contributed by atoms with E-state index >= 15 is 0 Å². The second-order valence-corrected chi connectivity index (χ2v) is 9.04. The van der Waals surface area contributed by atoms with E-state index in [1.54, 1.807) is 6.20 Å². The van der Waals surface area contributed by atoms with Crippen LogP contribution >= 0.6 is 0 Å². The number of sulfonamides is 1. The van der Waals surface area contributed by atoms with Crippen LogP contribution in [0.15, 0.2) is 53.1 Å². The minimum absolute atomic E-state index is 0.106. The zero-order chi connectivity index (χ0) is 18.5. The SMILES string of the molecule is O=S1(=O)CCN2C(=N1)[N+]1(c3ccc(Oc4ccccc4)nc3)CCC2CC1. The van der Waals surface area contributed by atoms with Crippen molar-refractivity contribution in [2.45, 2.75) is 18.9 Å². The Morgan fingerprint density at radius 1 is 1.07 bits per heavy atom. The van der Waals surface area contributed by atoms with Crippen LogP contribution in [0.2, 0.25) is 0 Å². The van der Waals surface area contributed by atoms with Crippen molar-refractivity contribution in [2.24, 2.45) is 4.40 Å². The molecule has 2 aromatic rings. The van der Waals surface area contributed by atoms with Crippen LogP contribution in [-0.4, -0.2) is 55.7 Å². The highest BCUT2D eigenvalue weighted by atomic mass is 32.2. The number of guanidine groups is 1. The van der Waals surface area contributed by atoms with Gasteiger partial charge >= 0.3 is 5.96 Å². The molecule has 0 atom stereocenters. The van der Waals surface area contributed by atoms with Gasteiger partial charge in [0.15, 0.2) is 5.69 Å². The number of rotatable bonds is 3. The van der Waals surface area contributed by atoms with Crippen LogP contribution < -0.4 is 9.22 Å². The van der Waals surface area contributed by atoms with Gasteiger partial charge in [-0.25, -0.2) is 17.9 Å². The van der Waals surface area contributed by atoms with Gasteiger partial charge in [-0.3, -0.25) is 0 Å². The number of pyridine rings is 1. The monoisotopic (exact) mass is 385 g/mol. The molecule has 4 aliphatic heterocycles. The maximum Gasteiger partial charge on any atom is 0.321 e. The number of piperidine rings is 1. The fourth-order valence-corrected chi connectivity index (χ4v) is 5.41. The van der Waals surface area contributed by atoms with Gasteiger partial charge in [-0.05, 0) is 12.1 Å². The predicted molar refractivity (Wildman–Crippen MR) is 103 cm³/mol. The van der Waals surface area contributed by atoms with Crippen molar-refractivity contribution in [1.82, 2.24) is 14.4 Å². The second kappa shape index (κ2) is 6.03. The first kappa shape index (κ1) is 16.7. The molecule has 0 aliphatic carbocycles. The predicted octanol–water partition coefficient (Wildman–Crippen LogP) is 2.36. The van der Waals surface area contributed by atoms with Crippen molar-refractivity contribution < 1.29 is 13.2 Å². The molecule has 0 radical (unpaired) electrons. The van der Waals surface area contributed by atoms with Crippen LogP contribution in [0.4, 0.5) is 5.69 Å². The van der Waals surface area contributed by atoms with Gasteiger partial charge in [0, 0.05) is 37.6 Å². The molecule has 0 spiro atoms. The van der Waals surface area contributed by atoms with E-state index in [0.717, 1.165) is 37.4 Å². The summed E-state index contributed by atoms with van der Waals surface area (Å²) in [5.74, 6) is 2.03. The molecular formula is C19H21N4O3S+. The molecule has 0 saturated carbocycles. The Morgan fingerprint density at radius 2 is 1.85 bits per heavy atom. The molecule has 8 heteroatoms. The minimum Gasteiger partial charge on any atom is -0.439 e. The Balaban J connectivity index is 1.50. The number of aromatic nitrogens is 1. The quantitative estimate of drug-likeness (QED) is 0.759. The van der Waals surface area contributed by atoms with Gasteiger partial charge < -0.3 is 9.64 Å². The molecule has 140 valence electrons. The molecule has 0 amide bonds. The van der Waals surface area contributed by atoms with Crippen molar-refractivity contribution in [3.63, 3.8) is 0 Å². The maximum absolute atomic E-state index is 12.2. The third kappa shape index (κ3) is 2.80. The lowest BCUT2D eigenvalue weighted by Crippen LogP contribution is -2.74. The molecule has 7 nitrogen and oxygen atoms in total. The van der Waals surface area contributed by atoms with Crippen molar-refractivity contribution in [1.29, 1.82) is 0 Å². The molecule has 0 unspecified atom stereocenters. The van der Waals surface area contributed by atoms with Crippen molar-refractivity contribution in [3.05, 3.63) is 48.7 Å². The van der Waals surface area contributed by atoms with Gasteiger partial charge in [-0.15, -0.1) is 0 Å². The van der Waals surface area contributed by atoms with E-state index in [0.29, 0.717) is 28.9 Å². The van der Waals surface area contributed by atoms with Gasteiger partial charge in [-0.1, -0.05) is 22.6 Å². The van der Waals surface area contributed by atoms with E-state index in [-0.39, 0.29) is 5.75 Å². The summed E-state index contributed by atoms with van der Waals surface area (Å²) in [6.07, 6.45) is 3.88. The van der Waals surface area contributed by atoms with Gasteiger partial charge in [0.25, 0.3) is 10.0 Å². The number of fused-ring (bicyclic) bond motifs is 2. The first-order valence-corrected chi connectivity index (χ1v) is 10.8. The van der Waals surface area contributed by atoms with Gasteiger partial charge in [0.05, 0.1) is 25.0 Å². The fraction of sp³-hybridized carbons (Fsp3) is 0.368. The van der Waals surface area contributed by atoms with E-state index in [1.165, 1.54) is 0 Å². The summed E-state index contributed by atoms with van der Waals surface area (Å²) in [6.45, 7) is 2.25. The molecule has 0 N–H and O–H groups in total. The van der Waals surface area contributed by atoms with Crippen LogP contribution in [0, 0.1) is 0 Å². The zero-order valence-electron chi connectivity index (χ0n) is 14.9. The molecule has 3 fully saturated rings. The summed E-state index contributed by atoms with van der Waals surface area (Å²) in [6, 6.07) is 13.8. The van der Waals surface area contributed by atoms with Gasteiger partial charge in [0.1, 0.15) is 5.75 Å². The molecule has 4 aliphatic rings. The van der Waals surface area contributed by atoms with E-state index < -0.39 is 10.0 Å². The lowest BCUT2D eigenvalue weighted by atomic mass is 9.95. The Kier molecular flexibility index (Phi) is 3.73. The van der Waals surface area contributed by atoms with Crippen LogP contribution in [0.5, 0.6) is 11.6 Å². The highest BCUT2D eigenvalue weighted by molar-refractivity contribution is 7.90. The fourth-order valence-electron chi connectivity index (χ4n) is 4.38. The summed E-state index contributed by atoms with van der Waals surface area (Å²) in [7, 11) is -3.39. The summed E-state index contributed by atoms with van der Waals surface area (Å²) in [5, 5.41) is 0. The first-order valence-electron chi connectivity index (χ1n) is 9.22. The van der Waals surface area contributed by atoms with E-state index in [9.17, 15) is 8.42 Å². The summed E-state index contributed by atoms with van der Waals surface area (Å²) in [4.78, 5) is 6.67. The summed E-state index contributed by atoms with van der Waals surface area (Å²) in [5.41, 5.74) is 0.967. The molecule has 3 saturated heterocycles. The zero-order valence-corrected chi connectivity index (χ0v) is 15.7. The lowest BCUT2D eigenvalue weighted by Gasteiger charge is -2.54. The summed E-state index contributed by atoms with van der Waals surface area (Å²) >= 11 is 0. The molecule has 5 heterocycles. The smallest absolute Gasteiger partial charge is 0.321 e. The highest BCUT2D eigenvalue weighted by Gasteiger charge is 2.54. The molecular weight excluding hydrogens is 364 g/mol. The standard InChI is InChI=1S/C19H21N4O3S/c24-27(25)13-10-22-15-8-11-23(12-9-15,19(22)21-27)16-6-7-18(20-14-16)26-17-4-2-1-3-5-17/h1-7,14-15H,8-13H2/q+1. The van der Waals surface area contributed by atoms with Gasteiger partial charge in [0.2, 0.25) is 5.88 Å². The minimum atomic E-state index is -3.39. The Morgan fingerprint density at radius 3 is 2.56 bits per heavy atom. The lowest BCUT2D eigenvalue weighted by molar-refractivity contribution is 0.130. The number of nitrogens with zero attached hydrogens (tertiary/aromatic N) is 4. The largest absolute Gasteiger partial charge is 0.439 e. The van der Waals surface area contributed by atoms with Gasteiger partial charge in [-0.2, -0.15) is 0 Å². The van der Waals surface area contributed by atoms with Crippen molar-refractivity contribution in [3.8, 4) is 11.6 Å². The molecule has 27 heavy (non-hydrogen) atoms. The van der Waals surface area contributed by atoms with Crippen molar-refractivity contribution >= 4 is 21.7 Å². The topological polar surface area (TPSA) is 71.9 Å². The third-order valence-corrected chi connectivity index (χ3v) is 6.90. The van der Waals surface area contributed by atoms with Crippen LogP contribution in [0.3, 0.4) is 0 Å². The summed E-state index contributed by atoms with van der Waals surface area (Å²) < 4.78 is 34.7. The van der Waals surface area contributed by atoms with Crippen molar-refractivity contribution in [2.75, 3.05) is 25.4 Å². The normalized spacial score (nSPS) is 28.4. The Labute approximate surface area is 158 Å². The van der Waals surface area contributed by atoms with Crippen LogP contribution in [0.1, 0.15) is 12.8 Å².